The van der Waals surface area contributed by atoms with Gasteiger partial charge in [0.2, 0.25) is 0 Å². The number of fused-ring (bicyclic) bond motifs is 5. The number of rotatable bonds is 1. The molecule has 0 aliphatic heterocycles. The smallest absolute Gasteiger partial charge is 0.297 e. The van der Waals surface area contributed by atoms with E-state index in [1.54, 1.807) is 6.92 Å². The number of halogens is 1. The molecule has 0 saturated heterocycles. The molecule has 2 bridgehead atoms. The monoisotopic (exact) mass is 266 g/mol. The predicted molar refractivity (Wildman–Crippen MR) is 67.9 cm³/mol. The van der Waals surface area contributed by atoms with Gasteiger partial charge in [-0.1, -0.05) is 11.6 Å². The molecule has 0 spiro atoms. The van der Waals surface area contributed by atoms with Gasteiger partial charge in [0.1, 0.15) is 5.15 Å². The summed E-state index contributed by atoms with van der Waals surface area (Å²) < 4.78 is 1.43. The normalized spacial score (nSPS) is 40.0. The first-order valence-corrected chi connectivity index (χ1v) is 6.98. The summed E-state index contributed by atoms with van der Waals surface area (Å²) >= 11 is 5.84. The first kappa shape index (κ1) is 10.9. The van der Waals surface area contributed by atoms with Gasteiger partial charge in [-0.2, -0.15) is 0 Å². The molecule has 3 saturated carbocycles. The highest BCUT2D eigenvalue weighted by atomic mass is 35.5. The van der Waals surface area contributed by atoms with Gasteiger partial charge in [-0.05, 0) is 49.9 Å². The number of aromatic amines is 1. The molecule has 4 rings (SSSR count). The Hall–Kier alpha value is -1.03. The van der Waals surface area contributed by atoms with Crippen molar-refractivity contribution < 1.29 is 0 Å². The SMILES string of the molecule is Cc1c(Cl)[nH]c(=O)n(C2C3C4CCC(C4)C32)c1=O. The highest BCUT2D eigenvalue weighted by molar-refractivity contribution is 6.30. The Labute approximate surface area is 109 Å². The molecule has 1 heterocycles. The van der Waals surface area contributed by atoms with Crippen molar-refractivity contribution in [1.29, 1.82) is 0 Å². The van der Waals surface area contributed by atoms with Crippen molar-refractivity contribution in [2.75, 3.05) is 0 Å². The van der Waals surface area contributed by atoms with Crippen molar-refractivity contribution in [3.8, 4) is 0 Å². The Balaban J connectivity index is 1.83. The molecule has 0 radical (unpaired) electrons. The first-order chi connectivity index (χ1) is 8.59. The minimum Gasteiger partial charge on any atom is -0.297 e. The summed E-state index contributed by atoms with van der Waals surface area (Å²) in [5.41, 5.74) is -0.0921. The van der Waals surface area contributed by atoms with Crippen molar-refractivity contribution >= 4 is 11.6 Å². The number of nitrogens with one attached hydrogen (secondary N) is 1. The van der Waals surface area contributed by atoms with E-state index in [0.29, 0.717) is 17.4 Å². The van der Waals surface area contributed by atoms with E-state index in [1.807, 2.05) is 0 Å². The average Bonchev–Trinajstić information content (AvgIpc) is 2.76. The molecule has 1 N–H and O–H groups in total. The van der Waals surface area contributed by atoms with E-state index in [9.17, 15) is 9.59 Å². The van der Waals surface area contributed by atoms with Crippen LogP contribution in [0, 0.1) is 30.6 Å². The third-order valence-electron chi connectivity index (χ3n) is 5.30. The lowest BCUT2D eigenvalue weighted by Gasteiger charge is -2.11. The first-order valence-electron chi connectivity index (χ1n) is 6.60. The molecule has 96 valence electrons. The fraction of sp³-hybridized carbons (Fsp3) is 0.692. The Bertz CT molecular complexity index is 631. The predicted octanol–water partition coefficient (Wildman–Crippen LogP) is 1.72. The van der Waals surface area contributed by atoms with E-state index in [-0.39, 0.29) is 22.4 Å². The fourth-order valence-electron chi connectivity index (χ4n) is 4.51. The topological polar surface area (TPSA) is 54.9 Å². The second kappa shape index (κ2) is 3.29. The molecule has 4 nitrogen and oxygen atoms in total. The van der Waals surface area contributed by atoms with Crippen LogP contribution < -0.4 is 11.2 Å². The van der Waals surface area contributed by atoms with Gasteiger partial charge in [0, 0.05) is 11.6 Å². The summed E-state index contributed by atoms with van der Waals surface area (Å²) in [4.78, 5) is 26.8. The maximum absolute atomic E-state index is 12.2. The van der Waals surface area contributed by atoms with Crippen LogP contribution in [0.4, 0.5) is 0 Å². The molecule has 4 atom stereocenters. The van der Waals surface area contributed by atoms with Gasteiger partial charge in [0.15, 0.2) is 0 Å². The van der Waals surface area contributed by atoms with Gasteiger partial charge in [0.05, 0.1) is 0 Å². The van der Waals surface area contributed by atoms with Crippen molar-refractivity contribution in [2.24, 2.45) is 23.7 Å². The Morgan fingerprint density at radius 3 is 2.44 bits per heavy atom. The molecular formula is C13H15ClN2O2. The second-order valence-electron chi connectivity index (χ2n) is 6.02. The van der Waals surface area contributed by atoms with Crippen molar-refractivity contribution in [3.63, 3.8) is 0 Å². The number of nitrogens with zero attached hydrogens (tertiary/aromatic N) is 1. The van der Waals surface area contributed by atoms with Crippen molar-refractivity contribution in [1.82, 2.24) is 9.55 Å². The molecule has 4 unspecified atom stereocenters. The maximum atomic E-state index is 12.2. The van der Waals surface area contributed by atoms with Gasteiger partial charge in [-0.3, -0.25) is 14.3 Å². The lowest BCUT2D eigenvalue weighted by Crippen LogP contribution is -2.37. The highest BCUT2D eigenvalue weighted by Gasteiger charge is 2.66. The fourth-order valence-corrected chi connectivity index (χ4v) is 4.67. The number of hydrogen-bond donors (Lipinski definition) is 1. The van der Waals surface area contributed by atoms with Crippen LogP contribution in [0.5, 0.6) is 0 Å². The largest absolute Gasteiger partial charge is 0.329 e. The zero-order valence-electron chi connectivity index (χ0n) is 10.1. The van der Waals surface area contributed by atoms with Gasteiger partial charge >= 0.3 is 5.69 Å². The second-order valence-corrected chi connectivity index (χ2v) is 6.40. The zero-order valence-corrected chi connectivity index (χ0v) is 10.9. The summed E-state index contributed by atoms with van der Waals surface area (Å²) in [5, 5.41) is 0.176. The average molecular weight is 267 g/mol. The van der Waals surface area contributed by atoms with Crippen LogP contribution in [-0.2, 0) is 0 Å². The molecule has 1 aromatic rings. The standard InChI is InChI=1S/C13H15ClN2O2/c1-5-11(14)15-13(18)16(12(5)17)10-8-6-2-3-7(4-6)9(8)10/h6-10H,2-4H2,1H3,(H,15,18). The van der Waals surface area contributed by atoms with Gasteiger partial charge < -0.3 is 0 Å². The van der Waals surface area contributed by atoms with E-state index in [0.717, 1.165) is 11.8 Å². The van der Waals surface area contributed by atoms with Crippen LogP contribution in [-0.4, -0.2) is 9.55 Å². The number of aromatic nitrogens is 2. The van der Waals surface area contributed by atoms with Crippen LogP contribution in [0.3, 0.4) is 0 Å². The van der Waals surface area contributed by atoms with Crippen molar-refractivity contribution in [3.05, 3.63) is 31.6 Å². The molecule has 1 aromatic heterocycles. The molecule has 3 aliphatic rings. The van der Waals surface area contributed by atoms with Gasteiger partial charge in [-0.15, -0.1) is 0 Å². The van der Waals surface area contributed by atoms with Gasteiger partial charge in [0.25, 0.3) is 5.56 Å². The minimum absolute atomic E-state index is 0.142. The van der Waals surface area contributed by atoms with Crippen LogP contribution in [0.2, 0.25) is 5.15 Å². The summed E-state index contributed by atoms with van der Waals surface area (Å²) in [6, 6.07) is 0.142. The minimum atomic E-state index is -0.339. The molecule has 0 amide bonds. The van der Waals surface area contributed by atoms with E-state index in [2.05, 4.69) is 4.98 Å². The van der Waals surface area contributed by atoms with E-state index in [1.165, 1.54) is 23.8 Å². The van der Waals surface area contributed by atoms with Crippen molar-refractivity contribution in [2.45, 2.75) is 32.2 Å². The third kappa shape index (κ3) is 1.17. The lowest BCUT2D eigenvalue weighted by molar-refractivity contribution is 0.436. The summed E-state index contributed by atoms with van der Waals surface area (Å²) in [6.07, 6.45) is 3.87. The number of H-pyrrole nitrogens is 1. The quantitative estimate of drug-likeness (QED) is 0.787. The number of hydrogen-bond acceptors (Lipinski definition) is 2. The van der Waals surface area contributed by atoms with E-state index >= 15 is 0 Å². The third-order valence-corrected chi connectivity index (χ3v) is 5.68. The molecular weight excluding hydrogens is 252 g/mol. The lowest BCUT2D eigenvalue weighted by atomic mass is 10.0. The molecule has 3 fully saturated rings. The molecule has 18 heavy (non-hydrogen) atoms. The molecule has 5 heteroatoms. The highest BCUT2D eigenvalue weighted by Crippen LogP contribution is 2.70. The van der Waals surface area contributed by atoms with Crippen LogP contribution in [0.25, 0.3) is 0 Å². The van der Waals surface area contributed by atoms with Gasteiger partial charge in [-0.25, -0.2) is 4.79 Å². The summed E-state index contributed by atoms with van der Waals surface area (Å²) in [5.74, 6) is 2.63. The summed E-state index contributed by atoms with van der Waals surface area (Å²) in [6.45, 7) is 1.67. The maximum Gasteiger partial charge on any atom is 0.329 e. The Morgan fingerprint density at radius 2 is 1.83 bits per heavy atom. The summed E-state index contributed by atoms with van der Waals surface area (Å²) in [7, 11) is 0. The van der Waals surface area contributed by atoms with Crippen LogP contribution in [0.15, 0.2) is 9.59 Å². The molecule has 3 aliphatic carbocycles. The zero-order chi connectivity index (χ0) is 12.6. The van der Waals surface area contributed by atoms with E-state index in [4.69, 9.17) is 11.6 Å². The van der Waals surface area contributed by atoms with Crippen LogP contribution in [0.1, 0.15) is 30.9 Å². The Morgan fingerprint density at radius 1 is 1.22 bits per heavy atom. The Kier molecular flexibility index (Phi) is 1.99. The molecule has 0 aromatic carbocycles. The van der Waals surface area contributed by atoms with E-state index < -0.39 is 0 Å². The van der Waals surface area contributed by atoms with Crippen LogP contribution >= 0.6 is 11.6 Å².